The smallest absolute Gasteiger partial charge is 0.0952 e. The predicted molar refractivity (Wildman–Crippen MR) is 74.5 cm³/mol. The molecule has 0 saturated heterocycles. The molecular formula is C15H19N3. The third kappa shape index (κ3) is 2.01. The number of hydrogen-bond acceptors (Lipinski definition) is 2. The molecule has 0 aliphatic carbocycles. The normalized spacial score (nSPS) is 13.7. The van der Waals surface area contributed by atoms with E-state index in [0.29, 0.717) is 5.41 Å². The van der Waals surface area contributed by atoms with Crippen LogP contribution in [0.5, 0.6) is 0 Å². The van der Waals surface area contributed by atoms with E-state index in [4.69, 9.17) is 0 Å². The highest BCUT2D eigenvalue weighted by atomic mass is 15.0. The van der Waals surface area contributed by atoms with Crippen molar-refractivity contribution in [3.63, 3.8) is 0 Å². The van der Waals surface area contributed by atoms with Crippen LogP contribution in [-0.4, -0.2) is 9.97 Å². The molecule has 18 heavy (non-hydrogen) atoms. The highest BCUT2D eigenvalue weighted by molar-refractivity contribution is 5.79. The van der Waals surface area contributed by atoms with Crippen molar-refractivity contribution in [1.29, 1.82) is 0 Å². The molecule has 0 spiro atoms. The Morgan fingerprint density at radius 3 is 2.94 bits per heavy atom. The molecule has 2 N–H and O–H groups in total. The second-order valence-corrected chi connectivity index (χ2v) is 6.18. The number of nitrogens with one attached hydrogen (secondary N) is 2. The molecule has 0 bridgehead atoms. The van der Waals surface area contributed by atoms with Gasteiger partial charge in [-0.1, -0.05) is 20.8 Å². The van der Waals surface area contributed by atoms with Crippen molar-refractivity contribution < 1.29 is 0 Å². The number of aromatic amines is 1. The van der Waals surface area contributed by atoms with Crippen molar-refractivity contribution in [2.24, 2.45) is 5.41 Å². The van der Waals surface area contributed by atoms with Crippen molar-refractivity contribution >= 4 is 5.69 Å². The molecule has 94 valence electrons. The standard InChI is InChI=1S/C15H19N3/c1-15(2,3)8-10-7-11-13(18-10)9-17-12-5-4-6-16-14(11)12/h4-7,17-18H,8-9H2,1-3H3. The van der Waals surface area contributed by atoms with Gasteiger partial charge in [0.15, 0.2) is 0 Å². The Morgan fingerprint density at radius 1 is 1.33 bits per heavy atom. The number of H-pyrrole nitrogens is 1. The Morgan fingerprint density at radius 2 is 2.17 bits per heavy atom. The minimum atomic E-state index is 0.299. The third-order valence-electron chi connectivity index (χ3n) is 3.19. The van der Waals surface area contributed by atoms with Gasteiger partial charge in [-0.2, -0.15) is 0 Å². The van der Waals surface area contributed by atoms with Gasteiger partial charge in [0.1, 0.15) is 0 Å². The van der Waals surface area contributed by atoms with Crippen LogP contribution in [0.4, 0.5) is 5.69 Å². The summed E-state index contributed by atoms with van der Waals surface area (Å²) in [5.74, 6) is 0. The fourth-order valence-electron chi connectivity index (χ4n) is 2.52. The van der Waals surface area contributed by atoms with Crippen LogP contribution >= 0.6 is 0 Å². The zero-order valence-corrected chi connectivity index (χ0v) is 11.2. The van der Waals surface area contributed by atoms with Crippen LogP contribution < -0.4 is 5.32 Å². The number of hydrogen-bond donors (Lipinski definition) is 2. The summed E-state index contributed by atoms with van der Waals surface area (Å²) in [5.41, 5.74) is 6.30. The van der Waals surface area contributed by atoms with Crippen molar-refractivity contribution in [2.75, 3.05) is 5.32 Å². The summed E-state index contributed by atoms with van der Waals surface area (Å²) in [4.78, 5) is 8.02. The molecular weight excluding hydrogens is 222 g/mol. The molecule has 0 atom stereocenters. The lowest BCUT2D eigenvalue weighted by atomic mass is 9.90. The van der Waals surface area contributed by atoms with Gasteiger partial charge in [0, 0.05) is 23.1 Å². The Bertz CT molecular complexity index is 576. The van der Waals surface area contributed by atoms with Crippen LogP contribution in [0.15, 0.2) is 24.4 Å². The van der Waals surface area contributed by atoms with Crippen LogP contribution in [0, 0.1) is 5.41 Å². The van der Waals surface area contributed by atoms with E-state index < -0.39 is 0 Å². The maximum absolute atomic E-state index is 4.49. The predicted octanol–water partition coefficient (Wildman–Crippen LogP) is 3.59. The van der Waals surface area contributed by atoms with Crippen molar-refractivity contribution in [3.05, 3.63) is 35.8 Å². The van der Waals surface area contributed by atoms with Gasteiger partial charge in [-0.05, 0) is 30.0 Å². The van der Waals surface area contributed by atoms with E-state index in [2.05, 4.69) is 48.2 Å². The molecule has 2 aromatic heterocycles. The summed E-state index contributed by atoms with van der Waals surface area (Å²) in [7, 11) is 0. The summed E-state index contributed by atoms with van der Waals surface area (Å²) >= 11 is 0. The molecule has 1 aliphatic heterocycles. The van der Waals surface area contributed by atoms with E-state index in [1.165, 1.54) is 17.0 Å². The molecule has 3 rings (SSSR count). The van der Waals surface area contributed by atoms with E-state index in [1.807, 2.05) is 12.3 Å². The first-order valence-electron chi connectivity index (χ1n) is 6.43. The maximum atomic E-state index is 4.49. The molecule has 1 aliphatic rings. The van der Waals surface area contributed by atoms with Gasteiger partial charge in [-0.15, -0.1) is 0 Å². The van der Waals surface area contributed by atoms with Crippen LogP contribution in [0.1, 0.15) is 32.2 Å². The number of rotatable bonds is 1. The fraction of sp³-hybridized carbons (Fsp3) is 0.400. The zero-order valence-electron chi connectivity index (χ0n) is 11.2. The second kappa shape index (κ2) is 3.87. The van der Waals surface area contributed by atoms with Crippen LogP contribution in [0.25, 0.3) is 11.3 Å². The Labute approximate surface area is 108 Å². The molecule has 2 aromatic rings. The molecule has 0 saturated carbocycles. The summed E-state index contributed by atoms with van der Waals surface area (Å²) in [6, 6.07) is 6.31. The minimum Gasteiger partial charge on any atom is -0.378 e. The molecule has 0 radical (unpaired) electrons. The van der Waals surface area contributed by atoms with E-state index in [9.17, 15) is 0 Å². The van der Waals surface area contributed by atoms with E-state index in [0.717, 1.165) is 24.3 Å². The average Bonchev–Trinajstić information content (AvgIpc) is 2.69. The summed E-state index contributed by atoms with van der Waals surface area (Å²) < 4.78 is 0. The Balaban J connectivity index is 2.02. The first kappa shape index (κ1) is 11.3. The largest absolute Gasteiger partial charge is 0.378 e. The van der Waals surface area contributed by atoms with Gasteiger partial charge in [-0.25, -0.2) is 0 Å². The summed E-state index contributed by atoms with van der Waals surface area (Å²) in [5, 5.41) is 3.40. The fourth-order valence-corrected chi connectivity index (χ4v) is 2.52. The van der Waals surface area contributed by atoms with Crippen LogP contribution in [0.2, 0.25) is 0 Å². The quantitative estimate of drug-likeness (QED) is 0.801. The van der Waals surface area contributed by atoms with Crippen molar-refractivity contribution in [1.82, 2.24) is 9.97 Å². The number of pyridine rings is 1. The lowest BCUT2D eigenvalue weighted by Crippen LogP contribution is -2.10. The van der Waals surface area contributed by atoms with E-state index >= 15 is 0 Å². The molecule has 0 fully saturated rings. The number of nitrogens with zero attached hydrogens (tertiary/aromatic N) is 1. The van der Waals surface area contributed by atoms with Crippen LogP contribution in [0.3, 0.4) is 0 Å². The highest BCUT2D eigenvalue weighted by Crippen LogP contribution is 2.35. The first-order valence-corrected chi connectivity index (χ1v) is 6.43. The number of aromatic nitrogens is 2. The molecule has 3 heterocycles. The van der Waals surface area contributed by atoms with Gasteiger partial charge in [0.2, 0.25) is 0 Å². The summed E-state index contributed by atoms with van der Waals surface area (Å²) in [6.45, 7) is 7.64. The average molecular weight is 241 g/mol. The SMILES string of the molecule is CC(C)(C)Cc1cc2c([nH]1)CNc1cccnc1-2. The topological polar surface area (TPSA) is 40.7 Å². The molecule has 3 heteroatoms. The lowest BCUT2D eigenvalue weighted by molar-refractivity contribution is 0.407. The number of anilines is 1. The second-order valence-electron chi connectivity index (χ2n) is 6.18. The van der Waals surface area contributed by atoms with Gasteiger partial charge in [0.25, 0.3) is 0 Å². The Hall–Kier alpha value is -1.77. The first-order chi connectivity index (χ1) is 8.53. The van der Waals surface area contributed by atoms with Crippen LogP contribution in [-0.2, 0) is 13.0 Å². The van der Waals surface area contributed by atoms with Gasteiger partial charge in [0.05, 0.1) is 17.9 Å². The summed E-state index contributed by atoms with van der Waals surface area (Å²) in [6.07, 6.45) is 2.91. The molecule has 3 nitrogen and oxygen atoms in total. The monoisotopic (exact) mass is 241 g/mol. The molecule has 0 amide bonds. The Kier molecular flexibility index (Phi) is 2.44. The van der Waals surface area contributed by atoms with Gasteiger partial charge in [-0.3, -0.25) is 4.98 Å². The van der Waals surface area contributed by atoms with Gasteiger partial charge >= 0.3 is 0 Å². The zero-order chi connectivity index (χ0) is 12.8. The molecule has 0 aromatic carbocycles. The van der Waals surface area contributed by atoms with Gasteiger partial charge < -0.3 is 10.3 Å². The van der Waals surface area contributed by atoms with Crippen molar-refractivity contribution in [3.8, 4) is 11.3 Å². The maximum Gasteiger partial charge on any atom is 0.0952 e. The minimum absolute atomic E-state index is 0.299. The highest BCUT2D eigenvalue weighted by Gasteiger charge is 2.21. The van der Waals surface area contributed by atoms with E-state index in [1.54, 1.807) is 0 Å². The molecule has 0 unspecified atom stereocenters. The van der Waals surface area contributed by atoms with Crippen molar-refractivity contribution in [2.45, 2.75) is 33.7 Å². The number of fused-ring (bicyclic) bond motifs is 3. The third-order valence-corrected chi connectivity index (χ3v) is 3.19. The lowest BCUT2D eigenvalue weighted by Gasteiger charge is -2.17. The van der Waals surface area contributed by atoms with E-state index in [-0.39, 0.29) is 0 Å².